The molecule has 5 rings (SSSR count). The number of amides is 2. The molecule has 0 saturated carbocycles. The molecule has 11 nitrogen and oxygen atoms in total. The summed E-state index contributed by atoms with van der Waals surface area (Å²) >= 11 is 0. The van der Waals surface area contributed by atoms with Gasteiger partial charge in [-0.1, -0.05) is 31.8 Å². The SMILES string of the molecule is CC(C)(C)c1cc(NC(=O)Nc2ccc(C#Cc3cn4ncc(OCCCN5CCOCC5)cc4n3)cc2)no1. The fraction of sp³-hybridized carbons (Fsp3) is 0.379. The Bertz CT molecular complexity index is 1500. The van der Waals surface area contributed by atoms with Gasteiger partial charge in [0.2, 0.25) is 0 Å². The average Bonchev–Trinajstić information content (AvgIpc) is 3.58. The number of morpholine rings is 1. The first kappa shape index (κ1) is 27.2. The standard InChI is InChI=1S/C29H33N7O4/c1-29(2,3)25-18-26(34-40-25)33-28(37)32-22-8-5-21(6-9-22)7-10-23-20-36-27(31-23)17-24(19-30-36)39-14-4-11-35-12-15-38-16-13-35/h5-6,8-9,17-20H,4,11-16H2,1-3H3,(H2,32,33,34,37). The molecule has 0 radical (unpaired) electrons. The molecule has 4 heterocycles. The number of hydrogen-bond acceptors (Lipinski definition) is 8. The Hall–Kier alpha value is -4.40. The smallest absolute Gasteiger partial charge is 0.324 e. The maximum absolute atomic E-state index is 12.3. The maximum Gasteiger partial charge on any atom is 0.324 e. The normalized spacial score (nSPS) is 14.0. The number of rotatable bonds is 7. The molecule has 2 N–H and O–H groups in total. The Balaban J connectivity index is 1.12. The van der Waals surface area contributed by atoms with E-state index in [1.165, 1.54) is 0 Å². The predicted molar refractivity (Wildman–Crippen MR) is 151 cm³/mol. The first-order valence-electron chi connectivity index (χ1n) is 13.3. The van der Waals surface area contributed by atoms with E-state index in [2.05, 4.69) is 42.6 Å². The summed E-state index contributed by atoms with van der Waals surface area (Å²) < 4.78 is 18.2. The van der Waals surface area contributed by atoms with Crippen LogP contribution in [0.3, 0.4) is 0 Å². The van der Waals surface area contributed by atoms with Crippen molar-refractivity contribution in [2.24, 2.45) is 0 Å². The first-order chi connectivity index (χ1) is 19.3. The van der Waals surface area contributed by atoms with Crippen LogP contribution in [0, 0.1) is 11.8 Å². The number of aromatic nitrogens is 4. The number of carbonyl (C=O) groups is 1. The second-order valence-corrected chi connectivity index (χ2v) is 10.5. The second-order valence-electron chi connectivity index (χ2n) is 10.5. The number of urea groups is 1. The highest BCUT2D eigenvalue weighted by Crippen LogP contribution is 2.24. The minimum atomic E-state index is -0.412. The van der Waals surface area contributed by atoms with Crippen LogP contribution in [0.25, 0.3) is 5.65 Å². The number of ether oxygens (including phenoxy) is 2. The van der Waals surface area contributed by atoms with Gasteiger partial charge in [-0.15, -0.1) is 0 Å². The van der Waals surface area contributed by atoms with Gasteiger partial charge in [0.25, 0.3) is 0 Å². The van der Waals surface area contributed by atoms with E-state index in [0.29, 0.717) is 41.0 Å². The monoisotopic (exact) mass is 543 g/mol. The maximum atomic E-state index is 12.3. The lowest BCUT2D eigenvalue weighted by atomic mass is 9.93. The van der Waals surface area contributed by atoms with Crippen LogP contribution in [-0.2, 0) is 10.2 Å². The fourth-order valence-electron chi connectivity index (χ4n) is 4.04. The molecular formula is C29H33N7O4. The number of benzene rings is 1. The minimum absolute atomic E-state index is 0.194. The molecule has 208 valence electrons. The number of hydrogen-bond donors (Lipinski definition) is 2. The highest BCUT2D eigenvalue weighted by molar-refractivity contribution is 5.99. The van der Waals surface area contributed by atoms with Gasteiger partial charge in [-0.3, -0.25) is 10.2 Å². The number of nitrogens with one attached hydrogen (secondary N) is 2. The molecule has 0 spiro atoms. The van der Waals surface area contributed by atoms with E-state index in [1.807, 2.05) is 39.0 Å². The lowest BCUT2D eigenvalue weighted by Gasteiger charge is -2.26. The summed E-state index contributed by atoms with van der Waals surface area (Å²) in [5.74, 6) is 7.90. The third-order valence-electron chi connectivity index (χ3n) is 6.25. The van der Waals surface area contributed by atoms with Crippen molar-refractivity contribution in [3.8, 4) is 17.6 Å². The van der Waals surface area contributed by atoms with Crippen LogP contribution in [-0.4, -0.2) is 70.1 Å². The zero-order valence-electron chi connectivity index (χ0n) is 22.9. The molecule has 0 unspecified atom stereocenters. The van der Waals surface area contributed by atoms with E-state index in [4.69, 9.17) is 14.0 Å². The van der Waals surface area contributed by atoms with Gasteiger partial charge < -0.3 is 19.3 Å². The van der Waals surface area contributed by atoms with Crippen molar-refractivity contribution in [3.63, 3.8) is 0 Å². The van der Waals surface area contributed by atoms with Gasteiger partial charge in [0.1, 0.15) is 17.2 Å². The number of nitrogens with zero attached hydrogens (tertiary/aromatic N) is 5. The number of fused-ring (bicyclic) bond motifs is 1. The number of carbonyl (C=O) groups excluding carboxylic acids is 1. The summed E-state index contributed by atoms with van der Waals surface area (Å²) in [6.07, 6.45) is 4.41. The second kappa shape index (κ2) is 12.2. The van der Waals surface area contributed by atoms with Crippen molar-refractivity contribution in [1.29, 1.82) is 0 Å². The van der Waals surface area contributed by atoms with Crippen LogP contribution in [0.5, 0.6) is 5.75 Å². The summed E-state index contributed by atoms with van der Waals surface area (Å²) in [6.45, 7) is 11.2. The Labute approximate surface area is 232 Å². The van der Waals surface area contributed by atoms with Gasteiger partial charge in [0, 0.05) is 48.4 Å². The van der Waals surface area contributed by atoms with E-state index in [1.54, 1.807) is 35.1 Å². The lowest BCUT2D eigenvalue weighted by Crippen LogP contribution is -2.37. The van der Waals surface area contributed by atoms with Gasteiger partial charge in [-0.2, -0.15) is 5.10 Å². The zero-order valence-corrected chi connectivity index (χ0v) is 22.9. The largest absolute Gasteiger partial charge is 0.492 e. The van der Waals surface area contributed by atoms with Crippen LogP contribution >= 0.6 is 0 Å². The molecule has 3 aromatic heterocycles. The van der Waals surface area contributed by atoms with E-state index in [9.17, 15) is 4.79 Å². The third-order valence-corrected chi connectivity index (χ3v) is 6.25. The van der Waals surface area contributed by atoms with E-state index in [-0.39, 0.29) is 5.41 Å². The van der Waals surface area contributed by atoms with Crippen molar-refractivity contribution < 1.29 is 18.8 Å². The van der Waals surface area contributed by atoms with E-state index in [0.717, 1.165) is 44.8 Å². The highest BCUT2D eigenvalue weighted by atomic mass is 16.5. The summed E-state index contributed by atoms with van der Waals surface area (Å²) in [7, 11) is 0. The fourth-order valence-corrected chi connectivity index (χ4v) is 4.04. The topological polar surface area (TPSA) is 119 Å². The summed E-state index contributed by atoms with van der Waals surface area (Å²) in [6, 6.07) is 10.4. The Morgan fingerprint density at radius 1 is 1.10 bits per heavy atom. The Kier molecular flexibility index (Phi) is 8.28. The van der Waals surface area contributed by atoms with E-state index >= 15 is 0 Å². The van der Waals surface area contributed by atoms with Crippen LogP contribution < -0.4 is 15.4 Å². The predicted octanol–water partition coefficient (Wildman–Crippen LogP) is 4.16. The molecule has 1 aromatic carbocycles. The molecule has 1 fully saturated rings. The van der Waals surface area contributed by atoms with E-state index < -0.39 is 6.03 Å². The molecule has 1 saturated heterocycles. The van der Waals surface area contributed by atoms with Gasteiger partial charge in [0.15, 0.2) is 11.5 Å². The molecule has 40 heavy (non-hydrogen) atoms. The van der Waals surface area contributed by atoms with Crippen LogP contribution in [0.15, 0.2) is 53.3 Å². The van der Waals surface area contributed by atoms with Crippen molar-refractivity contribution >= 4 is 23.2 Å². The van der Waals surface area contributed by atoms with Crippen LogP contribution in [0.2, 0.25) is 0 Å². The molecule has 1 aliphatic rings. The molecule has 1 aliphatic heterocycles. The van der Waals surface area contributed by atoms with Gasteiger partial charge in [-0.05, 0) is 36.6 Å². The molecule has 0 aliphatic carbocycles. The van der Waals surface area contributed by atoms with Crippen molar-refractivity contribution in [1.82, 2.24) is 24.7 Å². The average molecular weight is 544 g/mol. The molecule has 0 atom stereocenters. The van der Waals surface area contributed by atoms with Crippen molar-refractivity contribution in [2.75, 3.05) is 50.1 Å². The quantitative estimate of drug-likeness (QED) is 0.264. The van der Waals surface area contributed by atoms with Gasteiger partial charge in [0.05, 0.1) is 32.2 Å². The summed E-state index contributed by atoms with van der Waals surface area (Å²) in [4.78, 5) is 19.3. The van der Waals surface area contributed by atoms with Gasteiger partial charge >= 0.3 is 6.03 Å². The minimum Gasteiger partial charge on any atom is -0.492 e. The van der Waals surface area contributed by atoms with Gasteiger partial charge in [-0.25, -0.2) is 14.3 Å². The molecule has 11 heteroatoms. The highest BCUT2D eigenvalue weighted by Gasteiger charge is 2.20. The van der Waals surface area contributed by atoms with Crippen LogP contribution in [0.1, 0.15) is 44.2 Å². The zero-order chi connectivity index (χ0) is 28.0. The molecule has 4 aromatic rings. The summed E-state index contributed by atoms with van der Waals surface area (Å²) in [5.41, 5.74) is 2.48. The molecule has 0 bridgehead atoms. The molecule has 2 amide bonds. The lowest BCUT2D eigenvalue weighted by molar-refractivity contribution is 0.0358. The Morgan fingerprint density at radius 2 is 1.90 bits per heavy atom. The number of anilines is 2. The molecular weight excluding hydrogens is 510 g/mol. The van der Waals surface area contributed by atoms with Crippen molar-refractivity contribution in [2.45, 2.75) is 32.6 Å². The number of imidazole rings is 1. The van der Waals surface area contributed by atoms with Crippen molar-refractivity contribution in [3.05, 3.63) is 65.8 Å². The summed E-state index contributed by atoms with van der Waals surface area (Å²) in [5, 5.41) is 13.7. The van der Waals surface area contributed by atoms with Crippen LogP contribution in [0.4, 0.5) is 16.3 Å². The Morgan fingerprint density at radius 3 is 2.65 bits per heavy atom. The third kappa shape index (κ3) is 7.37. The first-order valence-corrected chi connectivity index (χ1v) is 13.3.